The first-order chi connectivity index (χ1) is 19.3. The Morgan fingerprint density at radius 3 is 2.27 bits per heavy atom. The van der Waals surface area contributed by atoms with Gasteiger partial charge in [0, 0.05) is 17.0 Å². The molecule has 204 valence electrons. The number of nitrogens with zero attached hydrogens (tertiary/aromatic N) is 3. The van der Waals surface area contributed by atoms with Gasteiger partial charge in [-0.2, -0.15) is 0 Å². The molecule has 0 fully saturated rings. The van der Waals surface area contributed by atoms with Crippen LogP contribution in [0.2, 0.25) is 5.15 Å². The van der Waals surface area contributed by atoms with Gasteiger partial charge in [0.2, 0.25) is 0 Å². The summed E-state index contributed by atoms with van der Waals surface area (Å²) in [6, 6.07) is 21.7. The van der Waals surface area contributed by atoms with Gasteiger partial charge in [0.05, 0.1) is 37.3 Å². The normalized spacial score (nSPS) is 11.8. The third-order valence-corrected chi connectivity index (χ3v) is 7.46. The van der Waals surface area contributed by atoms with Gasteiger partial charge >= 0.3 is 0 Å². The maximum atomic E-state index is 12.8. The molecule has 0 atom stereocenters. The third kappa shape index (κ3) is 5.70. The van der Waals surface area contributed by atoms with E-state index in [1.165, 1.54) is 24.3 Å². The van der Waals surface area contributed by atoms with Gasteiger partial charge in [-0.25, -0.2) is 13.4 Å². The first-order valence-electron chi connectivity index (χ1n) is 11.8. The van der Waals surface area contributed by atoms with Crippen molar-refractivity contribution in [3.63, 3.8) is 0 Å². The zero-order valence-corrected chi connectivity index (χ0v) is 23.2. The van der Waals surface area contributed by atoms with Crippen LogP contribution in [-0.4, -0.2) is 39.9 Å². The molecule has 0 saturated carbocycles. The first kappa shape index (κ1) is 27.0. The highest BCUT2D eigenvalue weighted by Crippen LogP contribution is 2.33. The highest BCUT2D eigenvalue weighted by atomic mass is 35.5. The fourth-order valence-electron chi connectivity index (χ4n) is 3.91. The number of sulfonamides is 1. The number of anilines is 1. The molecule has 5 aromatic rings. The van der Waals surface area contributed by atoms with Crippen molar-refractivity contribution in [2.24, 2.45) is 4.99 Å². The molecule has 12 heteroatoms. The number of halogens is 1. The molecule has 2 aromatic heterocycles. The molecule has 3 aromatic carbocycles. The summed E-state index contributed by atoms with van der Waals surface area (Å²) in [5, 5.41) is 8.84. The number of rotatable bonds is 8. The first-order valence-corrected chi connectivity index (χ1v) is 13.7. The Morgan fingerprint density at radius 1 is 0.825 bits per heavy atom. The van der Waals surface area contributed by atoms with E-state index in [0.717, 1.165) is 5.56 Å². The topological polar surface area (TPSA) is 125 Å². The van der Waals surface area contributed by atoms with E-state index in [1.54, 1.807) is 57.7 Å². The van der Waals surface area contributed by atoms with Crippen molar-refractivity contribution in [2.75, 3.05) is 26.1 Å². The molecule has 0 aliphatic carbocycles. The zero-order valence-electron chi connectivity index (χ0n) is 21.6. The Morgan fingerprint density at radius 2 is 1.60 bits per heavy atom. The second-order valence-electron chi connectivity index (χ2n) is 8.38. The number of fused-ring (bicyclic) bond motifs is 1. The minimum atomic E-state index is -3.91. The van der Waals surface area contributed by atoms with Crippen molar-refractivity contribution in [1.29, 1.82) is 0 Å². The molecule has 0 aliphatic heterocycles. The molecule has 10 nitrogen and oxygen atoms in total. The molecule has 0 aliphatic rings. The molecule has 0 bridgehead atoms. The van der Waals surface area contributed by atoms with Crippen molar-refractivity contribution >= 4 is 44.1 Å². The van der Waals surface area contributed by atoms with Crippen molar-refractivity contribution in [3.8, 4) is 28.6 Å². The molecule has 1 N–H and O–H groups in total. The summed E-state index contributed by atoms with van der Waals surface area (Å²) in [5.41, 5.74) is 1.86. The second-order valence-corrected chi connectivity index (χ2v) is 10.4. The largest absolute Gasteiger partial charge is 0.497 e. The summed E-state index contributed by atoms with van der Waals surface area (Å²) >= 11 is 5.72. The van der Waals surface area contributed by atoms with E-state index in [9.17, 15) is 8.42 Å². The summed E-state index contributed by atoms with van der Waals surface area (Å²) in [5.74, 6) is 2.38. The van der Waals surface area contributed by atoms with Crippen LogP contribution in [0.4, 0.5) is 11.5 Å². The van der Waals surface area contributed by atoms with Crippen LogP contribution in [0.1, 0.15) is 0 Å². The number of aromatic nitrogens is 2. The van der Waals surface area contributed by atoms with Crippen molar-refractivity contribution < 1.29 is 27.0 Å². The molecule has 0 saturated heterocycles. The fourth-order valence-corrected chi connectivity index (χ4v) is 5.00. The molecule has 40 heavy (non-hydrogen) atoms. The number of hydrogen-bond acceptors (Lipinski definition) is 9. The average molecular weight is 579 g/mol. The fraction of sp³-hybridized carbons (Fsp3) is 0.107. The number of ether oxygens (including phenoxy) is 3. The monoisotopic (exact) mass is 578 g/mol. The Hall–Kier alpha value is -4.61. The van der Waals surface area contributed by atoms with Crippen molar-refractivity contribution in [3.05, 3.63) is 89.4 Å². The number of benzene rings is 3. The molecule has 0 amide bonds. The van der Waals surface area contributed by atoms with Crippen LogP contribution >= 0.6 is 11.6 Å². The van der Waals surface area contributed by atoms with Gasteiger partial charge in [-0.05, 0) is 72.8 Å². The highest BCUT2D eigenvalue weighted by molar-refractivity contribution is 7.92. The Balaban J connectivity index is 1.56. The van der Waals surface area contributed by atoms with Gasteiger partial charge < -0.3 is 18.6 Å². The van der Waals surface area contributed by atoms with Crippen LogP contribution in [0.15, 0.2) is 93.2 Å². The van der Waals surface area contributed by atoms with Crippen LogP contribution in [0.5, 0.6) is 17.2 Å². The Labute approximate surface area is 234 Å². The lowest BCUT2D eigenvalue weighted by Gasteiger charge is -2.10. The number of nitrogens with one attached hydrogen (secondary N) is 1. The third-order valence-electron chi connectivity index (χ3n) is 5.89. The maximum Gasteiger partial charge on any atom is 0.263 e. The van der Waals surface area contributed by atoms with Crippen LogP contribution in [-0.2, 0) is 10.0 Å². The standard InChI is InChI=1S/C28H23ClN4O6S/c1-36-19-7-11-23-21(15-19)22(16-25(39-23)17-4-10-24(37-2)26(14-17)38-3)30-18-5-8-20(9-6-18)40(34,35)33-28-13-12-27(29)31-32-28/h4-16H,1-3H3,(H,32,33). The lowest BCUT2D eigenvalue weighted by molar-refractivity contribution is 0.355. The minimum Gasteiger partial charge on any atom is -0.497 e. The SMILES string of the molecule is COc1ccc2oc(-c3ccc(OC)c(OC)c3)cc(=Nc3ccc(S(=O)(=O)Nc4ccc(Cl)nn4)cc3)c2c1. The van der Waals surface area contributed by atoms with Gasteiger partial charge in [0.25, 0.3) is 10.0 Å². The van der Waals surface area contributed by atoms with Crippen molar-refractivity contribution in [2.45, 2.75) is 4.90 Å². The van der Waals surface area contributed by atoms with Gasteiger partial charge in [-0.15, -0.1) is 10.2 Å². The molecule has 5 rings (SSSR count). The van der Waals surface area contributed by atoms with Gasteiger partial charge in [-0.3, -0.25) is 4.72 Å². The highest BCUT2D eigenvalue weighted by Gasteiger charge is 2.16. The van der Waals surface area contributed by atoms with E-state index >= 15 is 0 Å². The molecule has 2 heterocycles. The van der Waals surface area contributed by atoms with E-state index in [0.29, 0.717) is 45.0 Å². The number of methoxy groups -OCH3 is 3. The van der Waals surface area contributed by atoms with Gasteiger partial charge in [0.15, 0.2) is 22.5 Å². The van der Waals surface area contributed by atoms with Crippen LogP contribution in [0.25, 0.3) is 22.3 Å². The smallest absolute Gasteiger partial charge is 0.263 e. The summed E-state index contributed by atoms with van der Waals surface area (Å²) in [7, 11) is 0.808. The molecule has 0 spiro atoms. The van der Waals surface area contributed by atoms with Crippen LogP contribution in [0, 0.1) is 0 Å². The van der Waals surface area contributed by atoms with Crippen LogP contribution in [0.3, 0.4) is 0 Å². The van der Waals surface area contributed by atoms with Gasteiger partial charge in [-0.1, -0.05) is 11.6 Å². The molecular weight excluding hydrogens is 556 g/mol. The van der Waals surface area contributed by atoms with E-state index < -0.39 is 10.0 Å². The van der Waals surface area contributed by atoms with E-state index in [4.69, 9.17) is 35.2 Å². The molecular formula is C28H23ClN4O6S. The lowest BCUT2D eigenvalue weighted by Crippen LogP contribution is -2.14. The summed E-state index contributed by atoms with van der Waals surface area (Å²) in [6.45, 7) is 0. The quantitative estimate of drug-likeness (QED) is 0.252. The lowest BCUT2D eigenvalue weighted by atomic mass is 10.1. The number of hydrogen-bond donors (Lipinski definition) is 1. The van der Waals surface area contributed by atoms with E-state index in [1.807, 2.05) is 18.2 Å². The zero-order chi connectivity index (χ0) is 28.3. The van der Waals surface area contributed by atoms with Crippen molar-refractivity contribution in [1.82, 2.24) is 10.2 Å². The minimum absolute atomic E-state index is 0.0313. The van der Waals surface area contributed by atoms with Crippen LogP contribution < -0.4 is 24.3 Å². The average Bonchev–Trinajstić information content (AvgIpc) is 2.97. The summed E-state index contributed by atoms with van der Waals surface area (Å²) < 4.78 is 50.4. The van der Waals surface area contributed by atoms with Gasteiger partial charge in [0.1, 0.15) is 17.1 Å². The second kappa shape index (κ2) is 11.2. The molecule has 0 radical (unpaired) electrons. The van der Waals surface area contributed by atoms with E-state index in [2.05, 4.69) is 14.9 Å². The predicted molar refractivity (Wildman–Crippen MR) is 151 cm³/mol. The predicted octanol–water partition coefficient (Wildman–Crippen LogP) is 5.60. The maximum absolute atomic E-state index is 12.8. The summed E-state index contributed by atoms with van der Waals surface area (Å²) in [6.07, 6.45) is 0. The Kier molecular flexibility index (Phi) is 7.58. The van der Waals surface area contributed by atoms with E-state index in [-0.39, 0.29) is 15.9 Å². The molecule has 0 unspecified atom stereocenters. The summed E-state index contributed by atoms with van der Waals surface area (Å²) in [4.78, 5) is 4.83. The Bertz CT molecular complexity index is 1860.